The highest BCUT2D eigenvalue weighted by atomic mass is 16.4. The fourth-order valence-corrected chi connectivity index (χ4v) is 1.40. The van der Waals surface area contributed by atoms with Gasteiger partial charge in [-0.2, -0.15) is 0 Å². The predicted octanol–water partition coefficient (Wildman–Crippen LogP) is 2.99. The molecule has 2 heteroatoms. The SMILES string of the molecule is C=CC=Cc1cc2ccccc2c(=O)o1. The van der Waals surface area contributed by atoms with Crippen molar-refractivity contribution in [3.8, 4) is 0 Å². The smallest absolute Gasteiger partial charge is 0.344 e. The van der Waals surface area contributed by atoms with E-state index in [4.69, 9.17) is 4.42 Å². The number of benzene rings is 1. The van der Waals surface area contributed by atoms with Gasteiger partial charge >= 0.3 is 5.63 Å². The molecule has 2 rings (SSSR count). The second-order valence-corrected chi connectivity index (χ2v) is 3.12. The molecule has 0 fully saturated rings. The zero-order valence-electron chi connectivity index (χ0n) is 8.14. The van der Waals surface area contributed by atoms with Gasteiger partial charge < -0.3 is 4.42 Å². The van der Waals surface area contributed by atoms with E-state index in [9.17, 15) is 4.79 Å². The lowest BCUT2D eigenvalue weighted by Gasteiger charge is -1.96. The molecule has 0 saturated heterocycles. The van der Waals surface area contributed by atoms with Gasteiger partial charge in [0.25, 0.3) is 0 Å². The van der Waals surface area contributed by atoms with Crippen LogP contribution in [0.4, 0.5) is 0 Å². The van der Waals surface area contributed by atoms with Crippen molar-refractivity contribution in [3.05, 3.63) is 65.2 Å². The minimum absolute atomic E-state index is 0.309. The Morgan fingerprint density at radius 2 is 2.07 bits per heavy atom. The van der Waals surface area contributed by atoms with Gasteiger partial charge in [-0.1, -0.05) is 36.9 Å². The third kappa shape index (κ3) is 1.89. The summed E-state index contributed by atoms with van der Waals surface area (Å²) in [6.07, 6.45) is 5.07. The quantitative estimate of drug-likeness (QED) is 0.694. The van der Waals surface area contributed by atoms with Crippen molar-refractivity contribution >= 4 is 16.8 Å². The van der Waals surface area contributed by atoms with Crippen molar-refractivity contribution in [3.63, 3.8) is 0 Å². The second kappa shape index (κ2) is 3.96. The summed E-state index contributed by atoms with van der Waals surface area (Å²) >= 11 is 0. The Morgan fingerprint density at radius 3 is 2.87 bits per heavy atom. The van der Waals surface area contributed by atoms with Crippen molar-refractivity contribution in [1.29, 1.82) is 0 Å². The van der Waals surface area contributed by atoms with Crippen molar-refractivity contribution in [2.45, 2.75) is 0 Å². The van der Waals surface area contributed by atoms with E-state index < -0.39 is 0 Å². The first-order valence-corrected chi connectivity index (χ1v) is 4.63. The summed E-state index contributed by atoms with van der Waals surface area (Å²) in [5.41, 5.74) is -0.309. The molecular formula is C13H10O2. The molecule has 0 radical (unpaired) electrons. The molecule has 15 heavy (non-hydrogen) atoms. The number of fused-ring (bicyclic) bond motifs is 1. The molecule has 74 valence electrons. The van der Waals surface area contributed by atoms with Crippen LogP contribution >= 0.6 is 0 Å². The first-order valence-electron chi connectivity index (χ1n) is 4.63. The first-order chi connectivity index (χ1) is 7.31. The van der Waals surface area contributed by atoms with Gasteiger partial charge in [0, 0.05) is 0 Å². The topological polar surface area (TPSA) is 30.2 Å². The van der Waals surface area contributed by atoms with Crippen LogP contribution in [0.15, 0.2) is 58.3 Å². The normalized spacial score (nSPS) is 10.9. The van der Waals surface area contributed by atoms with Crippen LogP contribution in [0.2, 0.25) is 0 Å². The predicted molar refractivity (Wildman–Crippen MR) is 61.7 cm³/mol. The fourth-order valence-electron chi connectivity index (χ4n) is 1.40. The fraction of sp³-hybridized carbons (Fsp3) is 0. The largest absolute Gasteiger partial charge is 0.423 e. The van der Waals surface area contributed by atoms with E-state index in [-0.39, 0.29) is 5.63 Å². The van der Waals surface area contributed by atoms with E-state index in [2.05, 4.69) is 6.58 Å². The zero-order chi connectivity index (χ0) is 10.7. The molecule has 0 aliphatic carbocycles. The molecule has 0 unspecified atom stereocenters. The Labute approximate surface area is 87.2 Å². The van der Waals surface area contributed by atoms with Crippen LogP contribution in [-0.2, 0) is 0 Å². The van der Waals surface area contributed by atoms with Crippen LogP contribution in [-0.4, -0.2) is 0 Å². The molecule has 2 nitrogen and oxygen atoms in total. The second-order valence-electron chi connectivity index (χ2n) is 3.12. The molecule has 1 heterocycles. The van der Waals surface area contributed by atoms with Crippen molar-refractivity contribution in [1.82, 2.24) is 0 Å². The van der Waals surface area contributed by atoms with Crippen LogP contribution in [0.3, 0.4) is 0 Å². The van der Waals surface area contributed by atoms with Crippen LogP contribution in [0.1, 0.15) is 5.76 Å². The van der Waals surface area contributed by atoms with Gasteiger partial charge in [0.05, 0.1) is 5.39 Å². The summed E-state index contributed by atoms with van der Waals surface area (Å²) < 4.78 is 5.10. The van der Waals surface area contributed by atoms with E-state index in [1.807, 2.05) is 24.3 Å². The monoisotopic (exact) mass is 198 g/mol. The molecule has 0 aliphatic rings. The summed E-state index contributed by atoms with van der Waals surface area (Å²) in [5.74, 6) is 0.540. The molecule has 0 bridgehead atoms. The molecule has 1 aromatic heterocycles. The molecule has 0 spiro atoms. The van der Waals surface area contributed by atoms with E-state index in [1.165, 1.54) is 0 Å². The molecule has 2 aromatic rings. The molecule has 0 saturated carbocycles. The van der Waals surface area contributed by atoms with E-state index >= 15 is 0 Å². The van der Waals surface area contributed by atoms with Crippen LogP contribution in [0, 0.1) is 0 Å². The highest BCUT2D eigenvalue weighted by Crippen LogP contribution is 2.12. The lowest BCUT2D eigenvalue weighted by atomic mass is 10.1. The Morgan fingerprint density at radius 1 is 1.27 bits per heavy atom. The van der Waals surface area contributed by atoms with E-state index in [1.54, 1.807) is 24.3 Å². The molecule has 1 aromatic carbocycles. The Balaban J connectivity index is 2.67. The molecule has 0 aliphatic heterocycles. The summed E-state index contributed by atoms with van der Waals surface area (Å²) in [7, 11) is 0. The minimum atomic E-state index is -0.309. The average Bonchev–Trinajstić information content (AvgIpc) is 2.26. The number of hydrogen-bond acceptors (Lipinski definition) is 2. The Hall–Kier alpha value is -2.09. The molecule has 0 atom stereocenters. The highest BCUT2D eigenvalue weighted by molar-refractivity contribution is 5.82. The zero-order valence-corrected chi connectivity index (χ0v) is 8.14. The van der Waals surface area contributed by atoms with Crippen molar-refractivity contribution in [2.75, 3.05) is 0 Å². The standard InChI is InChI=1S/C13H10O2/c1-2-3-7-11-9-10-6-4-5-8-12(10)13(14)15-11/h2-9H,1H2. The number of hydrogen-bond donors (Lipinski definition) is 0. The maximum atomic E-state index is 11.5. The lowest BCUT2D eigenvalue weighted by molar-refractivity contribution is 0.510. The number of rotatable bonds is 2. The molecule has 0 N–H and O–H groups in total. The maximum absolute atomic E-state index is 11.5. The van der Waals surface area contributed by atoms with Crippen LogP contribution in [0.5, 0.6) is 0 Å². The van der Waals surface area contributed by atoms with Crippen LogP contribution < -0.4 is 5.63 Å². The summed E-state index contributed by atoms with van der Waals surface area (Å²) in [5, 5.41) is 1.49. The van der Waals surface area contributed by atoms with Gasteiger partial charge in [-0.05, 0) is 23.6 Å². The van der Waals surface area contributed by atoms with E-state index in [0.717, 1.165) is 5.39 Å². The van der Waals surface area contributed by atoms with Gasteiger partial charge in [0.2, 0.25) is 0 Å². The Kier molecular flexibility index (Phi) is 2.50. The summed E-state index contributed by atoms with van der Waals surface area (Å²) in [4.78, 5) is 11.5. The first kappa shape index (κ1) is 9.46. The van der Waals surface area contributed by atoms with Gasteiger partial charge in [0.15, 0.2) is 0 Å². The molecular weight excluding hydrogens is 188 g/mol. The average molecular weight is 198 g/mol. The van der Waals surface area contributed by atoms with Crippen molar-refractivity contribution in [2.24, 2.45) is 0 Å². The number of allylic oxidation sites excluding steroid dienone is 2. The molecule has 0 amide bonds. The van der Waals surface area contributed by atoms with E-state index in [0.29, 0.717) is 11.1 Å². The van der Waals surface area contributed by atoms with Gasteiger partial charge in [-0.3, -0.25) is 0 Å². The van der Waals surface area contributed by atoms with Gasteiger partial charge in [0.1, 0.15) is 5.76 Å². The summed E-state index contributed by atoms with van der Waals surface area (Å²) in [6.45, 7) is 3.55. The van der Waals surface area contributed by atoms with Crippen molar-refractivity contribution < 1.29 is 4.42 Å². The third-order valence-electron chi connectivity index (χ3n) is 2.09. The van der Waals surface area contributed by atoms with Gasteiger partial charge in [-0.25, -0.2) is 4.79 Å². The maximum Gasteiger partial charge on any atom is 0.344 e. The minimum Gasteiger partial charge on any atom is -0.423 e. The highest BCUT2D eigenvalue weighted by Gasteiger charge is 2.00. The Bertz CT molecular complexity index is 576. The summed E-state index contributed by atoms with van der Waals surface area (Å²) in [6, 6.07) is 9.18. The third-order valence-corrected chi connectivity index (χ3v) is 2.09. The van der Waals surface area contributed by atoms with Crippen LogP contribution in [0.25, 0.3) is 16.8 Å². The van der Waals surface area contributed by atoms with Gasteiger partial charge in [-0.15, -0.1) is 0 Å². The lowest BCUT2D eigenvalue weighted by Crippen LogP contribution is -1.99.